The van der Waals surface area contributed by atoms with Crippen LogP contribution in [-0.4, -0.2) is 84.5 Å². The lowest BCUT2D eigenvalue weighted by atomic mass is 9.72. The third-order valence-corrected chi connectivity index (χ3v) is 8.05. The quantitative estimate of drug-likeness (QED) is 0.384. The van der Waals surface area contributed by atoms with E-state index in [1.54, 1.807) is 0 Å². The fourth-order valence-electron chi connectivity index (χ4n) is 6.21. The molecule has 40 heavy (non-hydrogen) atoms. The lowest BCUT2D eigenvalue weighted by molar-refractivity contribution is -0.135. The Balaban J connectivity index is 0.000000461. The Labute approximate surface area is 239 Å². The van der Waals surface area contributed by atoms with Gasteiger partial charge in [0, 0.05) is 55.2 Å². The van der Waals surface area contributed by atoms with E-state index in [0.29, 0.717) is 25.7 Å². The van der Waals surface area contributed by atoms with Gasteiger partial charge in [0.25, 0.3) is 0 Å². The maximum Gasteiger partial charge on any atom is 0.324 e. The van der Waals surface area contributed by atoms with E-state index in [1.807, 2.05) is 45.3 Å². The fraction of sp³-hybridized carbons (Fsp3) is 0.455. The SMILES string of the molecule is C=CCN1C[C@H](C(=O)N(CCCN(C)C)C(=O)NCC)C[C@@H]2c3cccc4[nH]cc(c34)C[C@H]21.Cc1ccccc1. The molecule has 3 atom stereocenters. The Kier molecular flexibility index (Phi) is 10.2. The topological polar surface area (TPSA) is 71.7 Å². The molecule has 1 aromatic heterocycles. The number of carbonyl (C=O) groups is 2. The van der Waals surface area contributed by atoms with Gasteiger partial charge in [-0.2, -0.15) is 0 Å². The Morgan fingerprint density at radius 3 is 2.55 bits per heavy atom. The first-order valence-electron chi connectivity index (χ1n) is 14.5. The maximum atomic E-state index is 13.7. The monoisotopic (exact) mass is 543 g/mol. The van der Waals surface area contributed by atoms with E-state index in [4.69, 9.17) is 0 Å². The molecule has 2 aliphatic rings. The number of imide groups is 1. The summed E-state index contributed by atoms with van der Waals surface area (Å²) in [7, 11) is 4.01. The summed E-state index contributed by atoms with van der Waals surface area (Å²) in [6.45, 7) is 11.1. The van der Waals surface area contributed by atoms with Crippen molar-refractivity contribution in [2.75, 3.05) is 46.8 Å². The Morgan fingerprint density at radius 2 is 1.90 bits per heavy atom. The fourth-order valence-corrected chi connectivity index (χ4v) is 6.21. The highest BCUT2D eigenvalue weighted by molar-refractivity contribution is 5.96. The number of benzene rings is 2. The number of hydrogen-bond acceptors (Lipinski definition) is 4. The molecule has 1 saturated heterocycles. The van der Waals surface area contributed by atoms with Crippen molar-refractivity contribution in [2.45, 2.75) is 45.1 Å². The van der Waals surface area contributed by atoms with Crippen LogP contribution in [-0.2, 0) is 11.2 Å². The van der Waals surface area contributed by atoms with Crippen LogP contribution in [0.2, 0.25) is 0 Å². The number of hydrogen-bond donors (Lipinski definition) is 2. The van der Waals surface area contributed by atoms with Crippen molar-refractivity contribution in [2.24, 2.45) is 5.92 Å². The highest BCUT2D eigenvalue weighted by Crippen LogP contribution is 2.45. The molecular weight excluding hydrogens is 498 g/mol. The van der Waals surface area contributed by atoms with E-state index in [9.17, 15) is 9.59 Å². The highest BCUT2D eigenvalue weighted by Gasteiger charge is 2.43. The van der Waals surface area contributed by atoms with Crippen LogP contribution in [0.1, 0.15) is 42.4 Å². The third-order valence-electron chi connectivity index (χ3n) is 8.05. The standard InChI is InChI=1S/C26H37N5O2.C7H8/c1-5-11-30-17-19(25(32)31(26(33)27-6-2)13-8-12-29(3)4)14-21-20-9-7-10-22-24(20)18(16-28-22)15-23(21)30;1-7-5-3-2-4-6-7/h5,7,9-10,16,19,21,23,28H,1,6,8,11-15,17H2,2-4H3,(H,27,33);2-6H,1H3/t19-,21-,23-;/m1./s1. The summed E-state index contributed by atoms with van der Waals surface area (Å²) in [6.07, 6.45) is 6.56. The molecule has 3 amide bonds. The molecule has 2 aromatic carbocycles. The number of piperidine rings is 1. The van der Waals surface area contributed by atoms with Crippen LogP contribution >= 0.6 is 0 Å². The van der Waals surface area contributed by atoms with Crippen LogP contribution in [0.3, 0.4) is 0 Å². The zero-order valence-corrected chi connectivity index (χ0v) is 24.5. The van der Waals surface area contributed by atoms with Gasteiger partial charge in [-0.05, 0) is 70.9 Å². The average molecular weight is 544 g/mol. The van der Waals surface area contributed by atoms with Gasteiger partial charge in [-0.15, -0.1) is 6.58 Å². The molecule has 2 N–H and O–H groups in total. The average Bonchev–Trinajstić information content (AvgIpc) is 3.36. The van der Waals surface area contributed by atoms with Gasteiger partial charge in [0.05, 0.1) is 5.92 Å². The lowest BCUT2D eigenvalue weighted by Crippen LogP contribution is -2.55. The second kappa shape index (κ2) is 13.8. The Hall–Kier alpha value is -3.42. The van der Waals surface area contributed by atoms with Crippen LogP contribution in [0.15, 0.2) is 67.4 Å². The number of H-pyrrole nitrogens is 1. The third kappa shape index (κ3) is 6.83. The van der Waals surface area contributed by atoms with E-state index >= 15 is 0 Å². The second-order valence-electron chi connectivity index (χ2n) is 11.3. The van der Waals surface area contributed by atoms with Crippen molar-refractivity contribution in [1.82, 2.24) is 25.0 Å². The summed E-state index contributed by atoms with van der Waals surface area (Å²) < 4.78 is 0. The van der Waals surface area contributed by atoms with Crippen molar-refractivity contribution in [3.8, 4) is 0 Å². The summed E-state index contributed by atoms with van der Waals surface area (Å²) >= 11 is 0. The Morgan fingerprint density at radius 1 is 1.12 bits per heavy atom. The van der Waals surface area contributed by atoms with Gasteiger partial charge in [0.15, 0.2) is 0 Å². The van der Waals surface area contributed by atoms with Gasteiger partial charge in [-0.3, -0.25) is 14.6 Å². The molecule has 3 aromatic rings. The molecule has 0 spiro atoms. The molecular formula is C33H45N5O2. The summed E-state index contributed by atoms with van der Waals surface area (Å²) in [6, 6.07) is 16.8. The first-order valence-corrected chi connectivity index (χ1v) is 14.5. The zero-order valence-electron chi connectivity index (χ0n) is 24.5. The van der Waals surface area contributed by atoms with Crippen molar-refractivity contribution < 1.29 is 9.59 Å². The van der Waals surface area contributed by atoms with Gasteiger partial charge >= 0.3 is 6.03 Å². The minimum Gasteiger partial charge on any atom is -0.361 e. The molecule has 0 unspecified atom stereocenters. The number of aromatic amines is 1. The number of carbonyl (C=O) groups excluding carboxylic acids is 2. The van der Waals surface area contributed by atoms with Crippen molar-refractivity contribution in [3.05, 3.63) is 84.1 Å². The molecule has 0 saturated carbocycles. The first-order chi connectivity index (χ1) is 19.3. The van der Waals surface area contributed by atoms with Crippen LogP contribution in [0, 0.1) is 12.8 Å². The van der Waals surface area contributed by atoms with E-state index < -0.39 is 0 Å². The van der Waals surface area contributed by atoms with E-state index in [2.05, 4.69) is 70.1 Å². The van der Waals surface area contributed by atoms with Gasteiger partial charge in [0.2, 0.25) is 5.91 Å². The largest absolute Gasteiger partial charge is 0.361 e. The van der Waals surface area contributed by atoms with Crippen LogP contribution < -0.4 is 5.32 Å². The van der Waals surface area contributed by atoms with Gasteiger partial charge in [0.1, 0.15) is 0 Å². The second-order valence-corrected chi connectivity index (χ2v) is 11.3. The number of aryl methyl sites for hydroxylation is 1. The number of amides is 3. The van der Waals surface area contributed by atoms with Gasteiger partial charge < -0.3 is 15.2 Å². The van der Waals surface area contributed by atoms with Crippen molar-refractivity contribution >= 4 is 22.8 Å². The predicted molar refractivity (Wildman–Crippen MR) is 164 cm³/mol. The van der Waals surface area contributed by atoms with Crippen LogP contribution in [0.25, 0.3) is 10.9 Å². The molecule has 2 heterocycles. The number of urea groups is 1. The molecule has 0 radical (unpaired) electrons. The minimum absolute atomic E-state index is 0.0562. The summed E-state index contributed by atoms with van der Waals surface area (Å²) in [5.74, 6) is -0.0133. The molecule has 0 bridgehead atoms. The molecule has 1 aliphatic heterocycles. The van der Waals surface area contributed by atoms with Crippen molar-refractivity contribution in [1.29, 1.82) is 0 Å². The number of nitrogens with zero attached hydrogens (tertiary/aromatic N) is 3. The van der Waals surface area contributed by atoms with E-state index in [0.717, 1.165) is 37.9 Å². The summed E-state index contributed by atoms with van der Waals surface area (Å²) in [5, 5.41) is 4.16. The highest BCUT2D eigenvalue weighted by atomic mass is 16.2. The number of fused-ring (bicyclic) bond motifs is 2. The zero-order chi connectivity index (χ0) is 28.6. The maximum absolute atomic E-state index is 13.7. The van der Waals surface area contributed by atoms with Gasteiger partial charge in [-0.1, -0.05) is 54.1 Å². The normalized spacial score (nSPS) is 19.9. The minimum atomic E-state index is -0.280. The molecule has 1 fully saturated rings. The number of aromatic nitrogens is 1. The molecule has 214 valence electrons. The summed E-state index contributed by atoms with van der Waals surface area (Å²) in [4.78, 5) is 35.9. The first kappa shape index (κ1) is 29.6. The van der Waals surface area contributed by atoms with E-state index in [-0.39, 0.29) is 23.8 Å². The number of likely N-dealkylation sites (tertiary alicyclic amines) is 1. The molecule has 7 heteroatoms. The van der Waals surface area contributed by atoms with E-state index in [1.165, 1.54) is 27.0 Å². The smallest absolute Gasteiger partial charge is 0.324 e. The van der Waals surface area contributed by atoms with Crippen LogP contribution in [0.4, 0.5) is 4.79 Å². The predicted octanol–water partition coefficient (Wildman–Crippen LogP) is 5.19. The molecule has 1 aliphatic carbocycles. The Bertz CT molecular complexity index is 1280. The summed E-state index contributed by atoms with van der Waals surface area (Å²) in [5.41, 5.74) is 5.16. The van der Waals surface area contributed by atoms with Crippen LogP contribution in [0.5, 0.6) is 0 Å². The lowest BCUT2D eigenvalue weighted by Gasteiger charge is -2.47. The van der Waals surface area contributed by atoms with Crippen molar-refractivity contribution in [3.63, 3.8) is 0 Å². The number of rotatable bonds is 8. The number of nitrogens with one attached hydrogen (secondary N) is 2. The van der Waals surface area contributed by atoms with Gasteiger partial charge in [-0.25, -0.2) is 4.79 Å². The molecule has 7 nitrogen and oxygen atoms in total. The molecule has 5 rings (SSSR count).